The van der Waals surface area contributed by atoms with Crippen LogP contribution < -0.4 is 4.90 Å². The highest BCUT2D eigenvalue weighted by Gasteiger charge is 2.20. The molecule has 1 heterocycles. The van der Waals surface area contributed by atoms with E-state index in [4.69, 9.17) is 0 Å². The molecule has 58 heavy (non-hydrogen) atoms. The second-order valence-corrected chi connectivity index (χ2v) is 15.9. The maximum Gasteiger partial charge on any atom is 0.0640 e. The van der Waals surface area contributed by atoms with Crippen LogP contribution in [0.1, 0.15) is 0 Å². The minimum absolute atomic E-state index is 1.11. The summed E-state index contributed by atoms with van der Waals surface area (Å²) in [5.74, 6) is 0. The van der Waals surface area contributed by atoms with Gasteiger partial charge in [-0.25, -0.2) is 0 Å². The van der Waals surface area contributed by atoms with Crippen LogP contribution in [0.4, 0.5) is 17.1 Å². The third-order valence-corrected chi connectivity index (χ3v) is 12.6. The minimum Gasteiger partial charge on any atom is -0.309 e. The molecule has 0 spiro atoms. The first-order valence-corrected chi connectivity index (χ1v) is 20.7. The Hall–Kier alpha value is -7.26. The van der Waals surface area contributed by atoms with Crippen molar-refractivity contribution >= 4 is 70.1 Å². The number of nitrogens with zero attached hydrogens (tertiary/aromatic N) is 1. The molecule has 1 nitrogen and oxygen atoms in total. The van der Waals surface area contributed by atoms with E-state index in [-0.39, 0.29) is 0 Å². The van der Waals surface area contributed by atoms with E-state index in [0.29, 0.717) is 0 Å². The molecule has 0 fully saturated rings. The Balaban J connectivity index is 1.10. The number of rotatable bonds is 7. The number of hydrogen-bond acceptors (Lipinski definition) is 2. The Morgan fingerprint density at radius 1 is 0.310 bits per heavy atom. The van der Waals surface area contributed by atoms with E-state index in [2.05, 4.69) is 229 Å². The van der Waals surface area contributed by atoms with Gasteiger partial charge in [-0.2, -0.15) is 0 Å². The molecule has 10 aromatic carbocycles. The Morgan fingerprint density at radius 3 is 1.53 bits per heavy atom. The summed E-state index contributed by atoms with van der Waals surface area (Å²) in [4.78, 5) is 2.45. The van der Waals surface area contributed by atoms with Gasteiger partial charge in [-0.1, -0.05) is 176 Å². The zero-order chi connectivity index (χ0) is 38.4. The van der Waals surface area contributed by atoms with Gasteiger partial charge in [0.2, 0.25) is 0 Å². The van der Waals surface area contributed by atoms with Crippen molar-refractivity contribution < 1.29 is 0 Å². The van der Waals surface area contributed by atoms with E-state index in [9.17, 15) is 0 Å². The molecule has 0 saturated carbocycles. The van der Waals surface area contributed by atoms with Gasteiger partial charge in [0.1, 0.15) is 0 Å². The van der Waals surface area contributed by atoms with Crippen molar-refractivity contribution in [3.63, 3.8) is 0 Å². The van der Waals surface area contributed by atoms with Crippen molar-refractivity contribution in [3.8, 4) is 44.5 Å². The fraction of sp³-hybridized carbons (Fsp3) is 0. The average molecular weight is 756 g/mol. The van der Waals surface area contributed by atoms with Gasteiger partial charge in [0.25, 0.3) is 0 Å². The lowest BCUT2D eigenvalue weighted by Gasteiger charge is -2.27. The summed E-state index contributed by atoms with van der Waals surface area (Å²) in [7, 11) is 0. The highest BCUT2D eigenvalue weighted by Crippen LogP contribution is 2.47. The molecule has 0 aliphatic rings. The van der Waals surface area contributed by atoms with Crippen molar-refractivity contribution in [2.75, 3.05) is 4.90 Å². The molecule has 272 valence electrons. The number of benzene rings is 10. The second-order valence-electron chi connectivity index (χ2n) is 14.9. The molecule has 0 unspecified atom stereocenters. The summed E-state index contributed by atoms with van der Waals surface area (Å²) in [6.07, 6.45) is 0. The summed E-state index contributed by atoms with van der Waals surface area (Å²) < 4.78 is 2.57. The van der Waals surface area contributed by atoms with Crippen molar-refractivity contribution in [3.05, 3.63) is 224 Å². The first-order valence-electron chi connectivity index (χ1n) is 19.8. The fourth-order valence-corrected chi connectivity index (χ4v) is 9.92. The van der Waals surface area contributed by atoms with Gasteiger partial charge >= 0.3 is 0 Å². The first-order chi connectivity index (χ1) is 28.8. The third-order valence-electron chi connectivity index (χ3n) is 11.4. The summed E-state index contributed by atoms with van der Waals surface area (Å²) in [5, 5.41) is 7.55. The van der Waals surface area contributed by atoms with Crippen LogP contribution in [0.15, 0.2) is 224 Å². The van der Waals surface area contributed by atoms with Gasteiger partial charge in [0.15, 0.2) is 0 Å². The highest BCUT2D eigenvalue weighted by atomic mass is 32.1. The molecule has 0 N–H and O–H groups in total. The normalized spacial score (nSPS) is 11.4. The van der Waals surface area contributed by atoms with Crippen LogP contribution in [-0.2, 0) is 0 Å². The number of fused-ring (bicyclic) bond motifs is 5. The lowest BCUT2D eigenvalue weighted by atomic mass is 9.91. The third kappa shape index (κ3) is 5.94. The lowest BCUT2D eigenvalue weighted by molar-refractivity contribution is 1.30. The number of hydrogen-bond donors (Lipinski definition) is 0. The van der Waals surface area contributed by atoms with E-state index >= 15 is 0 Å². The summed E-state index contributed by atoms with van der Waals surface area (Å²) in [5.41, 5.74) is 13.1. The summed E-state index contributed by atoms with van der Waals surface area (Å²) >= 11 is 1.87. The predicted molar refractivity (Wildman–Crippen MR) is 251 cm³/mol. The van der Waals surface area contributed by atoms with Gasteiger partial charge in [-0.05, 0) is 115 Å². The first kappa shape index (κ1) is 34.0. The van der Waals surface area contributed by atoms with Gasteiger partial charge in [0, 0.05) is 26.8 Å². The average Bonchev–Trinajstić information content (AvgIpc) is 3.69. The molecule has 0 atom stereocenters. The monoisotopic (exact) mass is 755 g/mol. The molecule has 1 aromatic heterocycles. The predicted octanol–water partition coefficient (Wildman–Crippen LogP) is 16.5. The maximum absolute atomic E-state index is 2.45. The lowest BCUT2D eigenvalue weighted by Crippen LogP contribution is -2.10. The van der Waals surface area contributed by atoms with Crippen LogP contribution in [0, 0.1) is 0 Å². The van der Waals surface area contributed by atoms with Gasteiger partial charge in [-0.15, -0.1) is 11.3 Å². The van der Waals surface area contributed by atoms with E-state index in [0.717, 1.165) is 11.4 Å². The van der Waals surface area contributed by atoms with E-state index in [1.807, 2.05) is 11.3 Å². The molecule has 0 amide bonds. The second kappa shape index (κ2) is 14.4. The van der Waals surface area contributed by atoms with Gasteiger partial charge < -0.3 is 4.90 Å². The van der Waals surface area contributed by atoms with Crippen molar-refractivity contribution in [2.24, 2.45) is 0 Å². The highest BCUT2D eigenvalue weighted by molar-refractivity contribution is 7.26. The van der Waals surface area contributed by atoms with Crippen LogP contribution in [-0.4, -0.2) is 0 Å². The SMILES string of the molecule is c1ccc(-c2cc3ccccc3cc2-c2ccc(N(c3cccc(-c4cccc5cccc(-c6ccccc6)c45)c3)c3cccc4c3sc3ccccc34)cc2)cc1. The van der Waals surface area contributed by atoms with Crippen LogP contribution in [0.5, 0.6) is 0 Å². The minimum atomic E-state index is 1.11. The van der Waals surface area contributed by atoms with Crippen LogP contribution in [0.2, 0.25) is 0 Å². The summed E-state index contributed by atoms with van der Waals surface area (Å²) in [6.45, 7) is 0. The zero-order valence-corrected chi connectivity index (χ0v) is 32.5. The Morgan fingerprint density at radius 2 is 0.828 bits per heavy atom. The Labute approximate surface area is 342 Å². The maximum atomic E-state index is 2.45. The van der Waals surface area contributed by atoms with Crippen molar-refractivity contribution in [2.45, 2.75) is 0 Å². The molecule has 11 rings (SSSR count). The van der Waals surface area contributed by atoms with E-state index < -0.39 is 0 Å². The smallest absolute Gasteiger partial charge is 0.0640 e. The fourth-order valence-electron chi connectivity index (χ4n) is 8.71. The molecular weight excluding hydrogens is 719 g/mol. The van der Waals surface area contributed by atoms with Gasteiger partial charge in [-0.3, -0.25) is 0 Å². The topological polar surface area (TPSA) is 3.24 Å². The molecular formula is C56H37NS. The standard InChI is InChI=1S/C56H37NS/c1-3-15-38(16-4-1)47-26-12-21-41-22-13-27-48(55(41)47)44-23-11-24-46(35-44)57(53-29-14-28-50-49-25-9-10-30-54(49)58-56(50)53)45-33-31-40(32-34-45)52-37-43-20-8-7-19-42(43)36-51(52)39-17-5-2-6-18-39/h1-37H. The van der Waals surface area contributed by atoms with Crippen LogP contribution >= 0.6 is 11.3 Å². The Bertz CT molecular complexity index is 3270. The Kier molecular flexibility index (Phi) is 8.42. The molecule has 2 heteroatoms. The molecule has 0 aliphatic carbocycles. The zero-order valence-electron chi connectivity index (χ0n) is 31.7. The van der Waals surface area contributed by atoms with Crippen molar-refractivity contribution in [1.29, 1.82) is 0 Å². The largest absolute Gasteiger partial charge is 0.309 e. The number of anilines is 3. The molecule has 0 radical (unpaired) electrons. The van der Waals surface area contributed by atoms with E-state index in [1.54, 1.807) is 0 Å². The molecule has 11 aromatic rings. The molecule has 0 bridgehead atoms. The summed E-state index contributed by atoms with van der Waals surface area (Å²) in [6, 6.07) is 82.0. The molecule has 0 saturated heterocycles. The number of thiophene rings is 1. The van der Waals surface area contributed by atoms with Crippen LogP contribution in [0.25, 0.3) is 86.2 Å². The molecule has 0 aliphatic heterocycles. The quantitative estimate of drug-likeness (QED) is 0.157. The van der Waals surface area contributed by atoms with Crippen molar-refractivity contribution in [1.82, 2.24) is 0 Å². The van der Waals surface area contributed by atoms with E-state index in [1.165, 1.54) is 91.9 Å². The van der Waals surface area contributed by atoms with Crippen LogP contribution in [0.3, 0.4) is 0 Å². The van der Waals surface area contributed by atoms with Gasteiger partial charge in [0.05, 0.1) is 10.4 Å².